The zero-order chi connectivity index (χ0) is 24.1. The summed E-state index contributed by atoms with van der Waals surface area (Å²) in [4.78, 5) is 29.8. The fourth-order valence-corrected chi connectivity index (χ4v) is 4.30. The van der Waals surface area contributed by atoms with E-state index in [4.69, 9.17) is 4.74 Å². The fraction of sp³-hybridized carbons (Fsp3) is 0.286. The number of piperazine rings is 1. The summed E-state index contributed by atoms with van der Waals surface area (Å²) < 4.78 is 19.0. The van der Waals surface area contributed by atoms with Crippen molar-refractivity contribution >= 4 is 11.7 Å². The van der Waals surface area contributed by atoms with Gasteiger partial charge in [-0.15, -0.1) is 0 Å². The van der Waals surface area contributed by atoms with Crippen molar-refractivity contribution in [2.45, 2.75) is 32.5 Å². The minimum atomic E-state index is -0.240. The number of carbonyl (C=O) groups is 2. The summed E-state index contributed by atoms with van der Waals surface area (Å²) in [5.74, 6) is 0.0824. The fourth-order valence-electron chi connectivity index (χ4n) is 4.30. The van der Waals surface area contributed by atoms with Gasteiger partial charge >= 0.3 is 0 Å². The molecule has 1 saturated heterocycles. The molecule has 1 aliphatic heterocycles. The molecule has 0 bridgehead atoms. The highest BCUT2D eigenvalue weighted by molar-refractivity contribution is 6.09. The monoisotopic (exact) mass is 460 g/mol. The first-order valence-corrected chi connectivity index (χ1v) is 11.5. The molecule has 0 spiro atoms. The van der Waals surface area contributed by atoms with Crippen molar-refractivity contribution in [3.63, 3.8) is 0 Å². The van der Waals surface area contributed by atoms with Crippen LogP contribution in [0, 0.1) is 5.82 Å². The van der Waals surface area contributed by atoms with Crippen molar-refractivity contribution in [3.8, 4) is 5.75 Å². The molecule has 0 saturated carbocycles. The second-order valence-corrected chi connectivity index (χ2v) is 8.81. The van der Waals surface area contributed by atoms with Crippen LogP contribution < -0.4 is 4.74 Å². The number of benzene rings is 3. The number of hydrogen-bond acceptors (Lipinski definition) is 4. The Labute approximate surface area is 199 Å². The Kier molecular flexibility index (Phi) is 7.38. The first-order chi connectivity index (χ1) is 16.4. The molecule has 3 aromatic rings. The summed E-state index contributed by atoms with van der Waals surface area (Å²) in [5, 5.41) is 0. The Balaban J connectivity index is 1.33. The standard InChI is InChI=1S/C28H29FN2O3/c1-20-17-31(21(2)16-30(20)18-22-11-13-25(29)14-12-22)27(32)19-34-26-10-6-9-24(15-26)28(33)23-7-4-3-5-8-23/h3-15,20-21H,16-19H2,1-2H3/t20-,21+/m0/s1. The molecule has 2 atom stereocenters. The number of amides is 1. The second kappa shape index (κ2) is 10.6. The molecule has 0 radical (unpaired) electrons. The van der Waals surface area contributed by atoms with Crippen LogP contribution >= 0.6 is 0 Å². The van der Waals surface area contributed by atoms with Crippen molar-refractivity contribution in [1.82, 2.24) is 9.80 Å². The van der Waals surface area contributed by atoms with E-state index in [1.54, 1.807) is 48.5 Å². The topological polar surface area (TPSA) is 49.9 Å². The molecule has 6 heteroatoms. The molecule has 3 aromatic carbocycles. The van der Waals surface area contributed by atoms with Crippen LogP contribution in [-0.2, 0) is 11.3 Å². The van der Waals surface area contributed by atoms with Crippen LogP contribution in [0.2, 0.25) is 0 Å². The van der Waals surface area contributed by atoms with E-state index >= 15 is 0 Å². The quantitative estimate of drug-likeness (QED) is 0.485. The van der Waals surface area contributed by atoms with E-state index in [9.17, 15) is 14.0 Å². The third-order valence-electron chi connectivity index (χ3n) is 6.23. The van der Waals surface area contributed by atoms with E-state index in [-0.39, 0.29) is 36.2 Å². The summed E-state index contributed by atoms with van der Waals surface area (Å²) in [6.45, 7) is 6.07. The average Bonchev–Trinajstić information content (AvgIpc) is 2.86. The van der Waals surface area contributed by atoms with E-state index in [1.807, 2.05) is 30.0 Å². The van der Waals surface area contributed by atoms with E-state index < -0.39 is 0 Å². The molecule has 0 unspecified atom stereocenters. The van der Waals surface area contributed by atoms with Gasteiger partial charge in [0.25, 0.3) is 5.91 Å². The van der Waals surface area contributed by atoms with Gasteiger partial charge in [-0.1, -0.05) is 54.6 Å². The Hall–Kier alpha value is -3.51. The molecule has 1 aliphatic rings. The molecular formula is C28H29FN2O3. The minimum absolute atomic E-state index is 0.0266. The predicted molar refractivity (Wildman–Crippen MR) is 129 cm³/mol. The number of carbonyl (C=O) groups excluding carboxylic acids is 2. The van der Waals surface area contributed by atoms with Crippen molar-refractivity contribution in [1.29, 1.82) is 0 Å². The lowest BCUT2D eigenvalue weighted by molar-refractivity contribution is -0.139. The number of ether oxygens (including phenoxy) is 1. The van der Waals surface area contributed by atoms with Crippen LogP contribution in [0.15, 0.2) is 78.9 Å². The molecule has 0 aromatic heterocycles. The highest BCUT2D eigenvalue weighted by atomic mass is 19.1. The third kappa shape index (κ3) is 5.69. The number of halogens is 1. The molecule has 4 rings (SSSR count). The van der Waals surface area contributed by atoms with Crippen LogP contribution in [0.1, 0.15) is 35.3 Å². The largest absolute Gasteiger partial charge is 0.484 e. The highest BCUT2D eigenvalue weighted by Gasteiger charge is 2.32. The lowest BCUT2D eigenvalue weighted by atomic mass is 10.0. The highest BCUT2D eigenvalue weighted by Crippen LogP contribution is 2.20. The van der Waals surface area contributed by atoms with Crippen molar-refractivity contribution in [2.75, 3.05) is 19.7 Å². The number of ketones is 1. The Morgan fingerprint density at radius 1 is 0.882 bits per heavy atom. The molecule has 0 N–H and O–H groups in total. The molecule has 1 fully saturated rings. The summed E-state index contributed by atoms with van der Waals surface area (Å²) in [6, 6.07) is 22.7. The van der Waals surface area contributed by atoms with Gasteiger partial charge in [-0.05, 0) is 43.7 Å². The smallest absolute Gasteiger partial charge is 0.260 e. The molecule has 5 nitrogen and oxygen atoms in total. The molecule has 34 heavy (non-hydrogen) atoms. The van der Waals surface area contributed by atoms with Gasteiger partial charge in [0, 0.05) is 42.8 Å². The molecule has 1 amide bonds. The van der Waals surface area contributed by atoms with Gasteiger partial charge < -0.3 is 9.64 Å². The van der Waals surface area contributed by atoms with E-state index in [1.165, 1.54) is 12.1 Å². The van der Waals surface area contributed by atoms with Gasteiger partial charge in [0.2, 0.25) is 0 Å². The first kappa shape index (κ1) is 23.6. The molecule has 176 valence electrons. The van der Waals surface area contributed by atoms with Gasteiger partial charge in [0.15, 0.2) is 12.4 Å². The van der Waals surface area contributed by atoms with E-state index in [0.29, 0.717) is 30.0 Å². The Morgan fingerprint density at radius 2 is 1.59 bits per heavy atom. The van der Waals surface area contributed by atoms with Gasteiger partial charge in [-0.25, -0.2) is 4.39 Å². The van der Waals surface area contributed by atoms with Crippen LogP contribution in [-0.4, -0.2) is 53.3 Å². The summed E-state index contributed by atoms with van der Waals surface area (Å²) in [7, 11) is 0. The van der Waals surface area contributed by atoms with Gasteiger partial charge in [-0.3, -0.25) is 14.5 Å². The maximum atomic E-state index is 13.2. The number of rotatable bonds is 7. The van der Waals surface area contributed by atoms with Crippen LogP contribution in [0.5, 0.6) is 5.75 Å². The van der Waals surface area contributed by atoms with Gasteiger partial charge in [-0.2, -0.15) is 0 Å². The minimum Gasteiger partial charge on any atom is -0.484 e. The molecule has 1 heterocycles. The number of nitrogens with zero attached hydrogens (tertiary/aromatic N) is 2. The van der Waals surface area contributed by atoms with E-state index in [2.05, 4.69) is 11.8 Å². The van der Waals surface area contributed by atoms with Crippen LogP contribution in [0.4, 0.5) is 4.39 Å². The summed E-state index contributed by atoms with van der Waals surface area (Å²) in [6.07, 6.45) is 0. The lowest BCUT2D eigenvalue weighted by Crippen LogP contribution is -2.58. The van der Waals surface area contributed by atoms with Crippen molar-refractivity contribution in [3.05, 3.63) is 101 Å². The first-order valence-electron chi connectivity index (χ1n) is 11.5. The van der Waals surface area contributed by atoms with Crippen LogP contribution in [0.25, 0.3) is 0 Å². The zero-order valence-corrected chi connectivity index (χ0v) is 19.5. The zero-order valence-electron chi connectivity index (χ0n) is 19.5. The molecular weight excluding hydrogens is 431 g/mol. The maximum absolute atomic E-state index is 13.2. The van der Waals surface area contributed by atoms with Crippen LogP contribution in [0.3, 0.4) is 0 Å². The maximum Gasteiger partial charge on any atom is 0.260 e. The summed E-state index contributed by atoms with van der Waals surface area (Å²) >= 11 is 0. The van der Waals surface area contributed by atoms with Gasteiger partial charge in [0.1, 0.15) is 11.6 Å². The summed E-state index contributed by atoms with van der Waals surface area (Å²) in [5.41, 5.74) is 2.18. The van der Waals surface area contributed by atoms with Crippen molar-refractivity contribution < 1.29 is 18.7 Å². The predicted octanol–water partition coefficient (Wildman–Crippen LogP) is 4.56. The van der Waals surface area contributed by atoms with E-state index in [0.717, 1.165) is 12.1 Å². The van der Waals surface area contributed by atoms with Gasteiger partial charge in [0.05, 0.1) is 0 Å². The third-order valence-corrected chi connectivity index (χ3v) is 6.23. The number of hydrogen-bond donors (Lipinski definition) is 0. The molecule has 0 aliphatic carbocycles. The van der Waals surface area contributed by atoms with Crippen molar-refractivity contribution in [2.24, 2.45) is 0 Å². The average molecular weight is 461 g/mol. The lowest BCUT2D eigenvalue weighted by Gasteiger charge is -2.44. The Morgan fingerprint density at radius 3 is 2.32 bits per heavy atom. The second-order valence-electron chi connectivity index (χ2n) is 8.81. The normalized spacial score (nSPS) is 18.5. The Bertz CT molecular complexity index is 1130. The SMILES string of the molecule is C[C@@H]1CN(Cc2ccc(F)cc2)[C@@H](C)CN1C(=O)COc1cccc(C(=O)c2ccccc2)c1.